The summed E-state index contributed by atoms with van der Waals surface area (Å²) in [7, 11) is 0. The van der Waals surface area contributed by atoms with Gasteiger partial charge in [-0.1, -0.05) is 6.07 Å². The number of rotatable bonds is 6. The zero-order valence-electron chi connectivity index (χ0n) is 16.1. The smallest absolute Gasteiger partial charge is 0.270 e. The predicted molar refractivity (Wildman–Crippen MR) is 107 cm³/mol. The van der Waals surface area contributed by atoms with Crippen LogP contribution in [0.15, 0.2) is 42.7 Å². The monoisotopic (exact) mass is 396 g/mol. The van der Waals surface area contributed by atoms with Crippen molar-refractivity contribution in [3.63, 3.8) is 0 Å². The van der Waals surface area contributed by atoms with Gasteiger partial charge in [0.2, 0.25) is 5.91 Å². The van der Waals surface area contributed by atoms with E-state index in [1.165, 1.54) is 31.3 Å². The van der Waals surface area contributed by atoms with E-state index in [0.29, 0.717) is 11.3 Å². The molecule has 0 fully saturated rings. The number of anilines is 1. The highest BCUT2D eigenvalue weighted by Gasteiger charge is 2.19. The molecular formula is C19H20N6O4. The molecule has 0 saturated carbocycles. The van der Waals surface area contributed by atoms with Gasteiger partial charge in [0.1, 0.15) is 6.04 Å². The molecular weight excluding hydrogens is 376 g/mol. The maximum atomic E-state index is 12.4. The van der Waals surface area contributed by atoms with E-state index in [2.05, 4.69) is 20.7 Å². The number of hydrogen-bond donors (Lipinski definition) is 2. The molecule has 0 aliphatic rings. The summed E-state index contributed by atoms with van der Waals surface area (Å²) >= 11 is 0. The Morgan fingerprint density at radius 3 is 2.62 bits per heavy atom. The first kappa shape index (κ1) is 19.9. The maximum absolute atomic E-state index is 12.4. The summed E-state index contributed by atoms with van der Waals surface area (Å²) in [5, 5.41) is 21.1. The van der Waals surface area contributed by atoms with Crippen LogP contribution < -0.4 is 10.6 Å². The fourth-order valence-electron chi connectivity index (χ4n) is 2.74. The second-order valence-corrected chi connectivity index (χ2v) is 6.81. The average Bonchev–Trinajstić information content (AvgIpc) is 3.11. The highest BCUT2D eigenvalue weighted by atomic mass is 16.6. The number of hydrogen-bond acceptors (Lipinski definition) is 6. The van der Waals surface area contributed by atoms with Crippen LogP contribution in [0.3, 0.4) is 0 Å². The highest BCUT2D eigenvalue weighted by Crippen LogP contribution is 2.19. The van der Waals surface area contributed by atoms with Gasteiger partial charge in [-0.25, -0.2) is 9.67 Å². The zero-order chi connectivity index (χ0) is 21.1. The first-order chi connectivity index (χ1) is 13.8. The summed E-state index contributed by atoms with van der Waals surface area (Å²) in [4.78, 5) is 39.3. The summed E-state index contributed by atoms with van der Waals surface area (Å²) in [6, 6.07) is 6.34. The molecule has 0 saturated heterocycles. The van der Waals surface area contributed by atoms with Crippen LogP contribution in [-0.4, -0.2) is 37.5 Å². The van der Waals surface area contributed by atoms with Gasteiger partial charge in [0.25, 0.3) is 11.6 Å². The Hall–Kier alpha value is -3.82. The molecule has 10 heteroatoms. The lowest BCUT2D eigenvalue weighted by atomic mass is 10.1. The minimum atomic E-state index is -0.865. The van der Waals surface area contributed by atoms with Crippen LogP contribution in [0.2, 0.25) is 0 Å². The second-order valence-electron chi connectivity index (χ2n) is 6.81. The fourth-order valence-corrected chi connectivity index (χ4v) is 2.74. The number of nitro benzene ring substituents is 1. The molecule has 1 atom stereocenters. The van der Waals surface area contributed by atoms with Crippen molar-refractivity contribution >= 4 is 34.2 Å². The van der Waals surface area contributed by atoms with Gasteiger partial charge in [-0.3, -0.25) is 19.7 Å². The summed E-state index contributed by atoms with van der Waals surface area (Å²) in [5.74, 6) is -1.02. The highest BCUT2D eigenvalue weighted by molar-refractivity contribution is 6.01. The molecule has 0 spiro atoms. The van der Waals surface area contributed by atoms with Crippen LogP contribution in [0.1, 0.15) is 37.2 Å². The minimum absolute atomic E-state index is 0.100. The molecule has 2 amide bonds. The number of pyridine rings is 1. The molecule has 2 aromatic heterocycles. The molecule has 150 valence electrons. The molecule has 2 N–H and O–H groups in total. The van der Waals surface area contributed by atoms with E-state index in [1.54, 1.807) is 16.9 Å². The number of nitrogens with zero attached hydrogens (tertiary/aromatic N) is 4. The summed E-state index contributed by atoms with van der Waals surface area (Å²) in [6.45, 7) is 5.51. The molecule has 10 nitrogen and oxygen atoms in total. The number of nitrogens with one attached hydrogen (secondary N) is 2. The molecule has 0 unspecified atom stereocenters. The summed E-state index contributed by atoms with van der Waals surface area (Å²) in [5.41, 5.74) is 1.09. The summed E-state index contributed by atoms with van der Waals surface area (Å²) < 4.78 is 1.78. The normalized spacial score (nSPS) is 12.0. The van der Waals surface area contributed by atoms with Gasteiger partial charge in [0.05, 0.1) is 23.0 Å². The van der Waals surface area contributed by atoms with Crippen molar-refractivity contribution < 1.29 is 14.5 Å². The van der Waals surface area contributed by atoms with E-state index in [4.69, 9.17) is 0 Å². The Bertz CT molecular complexity index is 1090. The quantitative estimate of drug-likeness (QED) is 0.486. The van der Waals surface area contributed by atoms with E-state index in [-0.39, 0.29) is 17.3 Å². The van der Waals surface area contributed by atoms with E-state index >= 15 is 0 Å². The number of benzene rings is 1. The van der Waals surface area contributed by atoms with E-state index in [0.717, 1.165) is 11.5 Å². The van der Waals surface area contributed by atoms with Gasteiger partial charge >= 0.3 is 0 Å². The Kier molecular flexibility index (Phi) is 5.53. The van der Waals surface area contributed by atoms with E-state index in [9.17, 15) is 19.7 Å². The molecule has 0 radical (unpaired) electrons. The van der Waals surface area contributed by atoms with Crippen LogP contribution in [0, 0.1) is 10.1 Å². The number of fused-ring (bicyclic) bond motifs is 1. The number of aromatic nitrogens is 3. The molecule has 3 aromatic rings. The van der Waals surface area contributed by atoms with Crippen LogP contribution in [0.25, 0.3) is 11.0 Å². The van der Waals surface area contributed by atoms with Crippen molar-refractivity contribution in [2.75, 3.05) is 5.32 Å². The van der Waals surface area contributed by atoms with Gasteiger partial charge in [-0.2, -0.15) is 5.10 Å². The molecule has 2 heterocycles. The van der Waals surface area contributed by atoms with Gasteiger partial charge in [-0.05, 0) is 32.9 Å². The molecule has 1 aromatic carbocycles. The molecule has 3 rings (SSSR count). The van der Waals surface area contributed by atoms with E-state index in [1.807, 2.05) is 13.8 Å². The Morgan fingerprint density at radius 1 is 1.17 bits per heavy atom. The van der Waals surface area contributed by atoms with Crippen molar-refractivity contribution in [3.05, 3.63) is 58.4 Å². The molecule has 29 heavy (non-hydrogen) atoms. The van der Waals surface area contributed by atoms with Gasteiger partial charge < -0.3 is 10.6 Å². The van der Waals surface area contributed by atoms with Gasteiger partial charge in [-0.15, -0.1) is 0 Å². The second kappa shape index (κ2) is 8.05. The van der Waals surface area contributed by atoms with Crippen LogP contribution >= 0.6 is 0 Å². The first-order valence-electron chi connectivity index (χ1n) is 8.95. The third kappa shape index (κ3) is 4.37. The SMILES string of the molecule is CC(C)n1ncc2cc(NC(=O)[C@H](C)NC(=O)c3cccc([N+](=O)[O-])c3)cnc21. The minimum Gasteiger partial charge on any atom is -0.341 e. The molecule has 0 aliphatic carbocycles. The average molecular weight is 396 g/mol. The van der Waals surface area contributed by atoms with Crippen molar-refractivity contribution in [2.24, 2.45) is 0 Å². The summed E-state index contributed by atoms with van der Waals surface area (Å²) in [6.07, 6.45) is 3.20. The topological polar surface area (TPSA) is 132 Å². The fraction of sp³-hybridized carbons (Fsp3) is 0.263. The van der Waals surface area contributed by atoms with Crippen molar-refractivity contribution in [1.29, 1.82) is 0 Å². The van der Waals surface area contributed by atoms with Crippen molar-refractivity contribution in [2.45, 2.75) is 32.9 Å². The molecule has 0 bridgehead atoms. The lowest BCUT2D eigenvalue weighted by Gasteiger charge is -2.14. The predicted octanol–water partition coefficient (Wildman–Crippen LogP) is 2.68. The third-order valence-electron chi connectivity index (χ3n) is 4.25. The van der Waals surface area contributed by atoms with Gasteiger partial charge in [0, 0.05) is 29.1 Å². The van der Waals surface area contributed by atoms with Crippen LogP contribution in [0.4, 0.5) is 11.4 Å². The van der Waals surface area contributed by atoms with Crippen LogP contribution in [-0.2, 0) is 4.79 Å². The molecule has 0 aliphatic heterocycles. The first-order valence-corrected chi connectivity index (χ1v) is 8.95. The number of nitro groups is 1. The lowest BCUT2D eigenvalue weighted by Crippen LogP contribution is -2.41. The lowest BCUT2D eigenvalue weighted by molar-refractivity contribution is -0.384. The standard InChI is InChI=1S/C19H20N6O4/c1-11(2)24-17-14(9-21-24)7-15(10-20-17)23-18(26)12(3)22-19(27)13-5-4-6-16(8-13)25(28)29/h4-12H,1-3H3,(H,22,27)(H,23,26)/t12-/m0/s1. The maximum Gasteiger partial charge on any atom is 0.270 e. The number of non-ortho nitro benzene ring substituents is 1. The van der Waals surface area contributed by atoms with E-state index < -0.39 is 22.8 Å². The Morgan fingerprint density at radius 2 is 1.93 bits per heavy atom. The van der Waals surface area contributed by atoms with Gasteiger partial charge in [0.15, 0.2) is 5.65 Å². The third-order valence-corrected chi connectivity index (χ3v) is 4.25. The number of carbonyl (C=O) groups is 2. The zero-order valence-corrected chi connectivity index (χ0v) is 16.1. The number of carbonyl (C=O) groups excluding carboxylic acids is 2. The Balaban J connectivity index is 1.67. The van der Waals surface area contributed by atoms with Crippen molar-refractivity contribution in [3.8, 4) is 0 Å². The number of amides is 2. The van der Waals surface area contributed by atoms with Crippen LogP contribution in [0.5, 0.6) is 0 Å². The van der Waals surface area contributed by atoms with Crippen molar-refractivity contribution in [1.82, 2.24) is 20.1 Å². The Labute approximate surface area is 166 Å². The largest absolute Gasteiger partial charge is 0.341 e.